The molecule has 0 aromatic heterocycles. The maximum absolute atomic E-state index is 10.6. The van der Waals surface area contributed by atoms with E-state index in [9.17, 15) is 10.3 Å². The van der Waals surface area contributed by atoms with Crippen LogP contribution in [0.25, 0.3) is 0 Å². The van der Waals surface area contributed by atoms with Crippen molar-refractivity contribution in [2.24, 2.45) is 4.99 Å². The van der Waals surface area contributed by atoms with Gasteiger partial charge in [0.15, 0.2) is 0 Å². The Morgan fingerprint density at radius 2 is 1.75 bits per heavy atom. The Hall–Kier alpha value is -1.39. The van der Waals surface area contributed by atoms with Crippen molar-refractivity contribution in [1.82, 2.24) is 5.06 Å². The molecule has 0 fully saturated rings. The van der Waals surface area contributed by atoms with Gasteiger partial charge in [-0.25, -0.2) is 10.1 Å². The molecule has 4 heteroatoms. The van der Waals surface area contributed by atoms with E-state index >= 15 is 0 Å². The molecular weight excluding hydrogens is 204 g/mol. The van der Waals surface area contributed by atoms with Crippen molar-refractivity contribution in [2.75, 3.05) is 0 Å². The molecule has 0 amide bonds. The minimum atomic E-state index is -1.41. The van der Waals surface area contributed by atoms with Gasteiger partial charge in [0.05, 0.1) is 0 Å². The van der Waals surface area contributed by atoms with E-state index in [2.05, 4.69) is 4.99 Å². The van der Waals surface area contributed by atoms with E-state index in [1.807, 2.05) is 18.2 Å². The highest BCUT2D eigenvalue weighted by molar-refractivity contribution is 5.82. The van der Waals surface area contributed by atoms with Gasteiger partial charge in [0.25, 0.3) is 0 Å². The number of amidine groups is 1. The summed E-state index contributed by atoms with van der Waals surface area (Å²) in [6.07, 6.45) is 0. The van der Waals surface area contributed by atoms with E-state index < -0.39 is 11.3 Å². The van der Waals surface area contributed by atoms with Crippen LogP contribution in [0.15, 0.2) is 35.3 Å². The van der Waals surface area contributed by atoms with Crippen molar-refractivity contribution in [3.8, 4) is 0 Å². The summed E-state index contributed by atoms with van der Waals surface area (Å²) in [4.78, 5) is 4.17. The largest absolute Gasteiger partial charge is 0.364 e. The molecule has 1 aromatic carbocycles. The number of benzene rings is 1. The van der Waals surface area contributed by atoms with E-state index in [0.29, 0.717) is 11.4 Å². The first kappa shape index (κ1) is 11.1. The van der Waals surface area contributed by atoms with E-state index in [-0.39, 0.29) is 0 Å². The van der Waals surface area contributed by atoms with E-state index in [0.717, 1.165) is 5.06 Å². The first-order chi connectivity index (χ1) is 7.39. The molecule has 16 heavy (non-hydrogen) atoms. The Morgan fingerprint density at radius 1 is 1.19 bits per heavy atom. The Kier molecular flexibility index (Phi) is 2.29. The molecule has 2 rings (SSSR count). The lowest BCUT2D eigenvalue weighted by Crippen LogP contribution is -2.52. The molecule has 4 nitrogen and oxygen atoms in total. The van der Waals surface area contributed by atoms with Gasteiger partial charge >= 0.3 is 0 Å². The summed E-state index contributed by atoms with van der Waals surface area (Å²) in [5.74, 6) is 0.413. The number of hydrogen-bond acceptors (Lipinski definition) is 4. The molecule has 1 aromatic rings. The average Bonchev–Trinajstić information content (AvgIpc) is 2.42. The van der Waals surface area contributed by atoms with Gasteiger partial charge in [0, 0.05) is 5.56 Å². The quantitative estimate of drug-likeness (QED) is 0.757. The van der Waals surface area contributed by atoms with Crippen molar-refractivity contribution in [1.29, 1.82) is 0 Å². The summed E-state index contributed by atoms with van der Waals surface area (Å²) in [6, 6.07) is 9.17. The molecular formula is C12H16N2O2. The van der Waals surface area contributed by atoms with Crippen molar-refractivity contribution in [3.63, 3.8) is 0 Å². The number of rotatable bonds is 1. The highest BCUT2D eigenvalue weighted by atomic mass is 16.5. The van der Waals surface area contributed by atoms with Gasteiger partial charge < -0.3 is 5.11 Å². The molecule has 1 aliphatic rings. The van der Waals surface area contributed by atoms with Gasteiger partial charge in [-0.1, -0.05) is 30.3 Å². The maximum atomic E-state index is 10.6. The van der Waals surface area contributed by atoms with E-state index in [1.54, 1.807) is 32.9 Å². The predicted octanol–water partition coefficient (Wildman–Crippen LogP) is 1.73. The number of hydrogen-bond donors (Lipinski definition) is 2. The zero-order chi connectivity index (χ0) is 12.0. The SMILES string of the molecule is CC1=NC(O)(c2ccccc2)C(C)(C)N1O. The van der Waals surface area contributed by atoms with Crippen LogP contribution < -0.4 is 0 Å². The fourth-order valence-electron chi connectivity index (χ4n) is 2.06. The second-order valence-corrected chi connectivity index (χ2v) is 4.57. The van der Waals surface area contributed by atoms with Crippen LogP contribution in [0.2, 0.25) is 0 Å². The third-order valence-electron chi connectivity index (χ3n) is 3.19. The first-order valence-corrected chi connectivity index (χ1v) is 5.23. The zero-order valence-electron chi connectivity index (χ0n) is 9.68. The molecule has 0 saturated carbocycles. The van der Waals surface area contributed by atoms with Crippen molar-refractivity contribution in [2.45, 2.75) is 32.0 Å². The van der Waals surface area contributed by atoms with Crippen LogP contribution in [0.3, 0.4) is 0 Å². The zero-order valence-corrected chi connectivity index (χ0v) is 9.68. The number of hydroxylamine groups is 2. The molecule has 0 aliphatic carbocycles. The molecule has 86 valence electrons. The monoisotopic (exact) mass is 220 g/mol. The van der Waals surface area contributed by atoms with Crippen LogP contribution in [0, 0.1) is 0 Å². The Labute approximate surface area is 94.8 Å². The number of nitrogens with zero attached hydrogens (tertiary/aromatic N) is 2. The summed E-state index contributed by atoms with van der Waals surface area (Å²) in [5, 5.41) is 21.5. The molecule has 1 aliphatic heterocycles. The molecule has 0 radical (unpaired) electrons. The predicted molar refractivity (Wildman–Crippen MR) is 61.2 cm³/mol. The number of aliphatic imine (C=N–C) groups is 1. The molecule has 0 bridgehead atoms. The Balaban J connectivity index is 2.55. The van der Waals surface area contributed by atoms with Crippen LogP contribution in [0.4, 0.5) is 0 Å². The summed E-state index contributed by atoms with van der Waals surface area (Å²) in [7, 11) is 0. The summed E-state index contributed by atoms with van der Waals surface area (Å²) in [6.45, 7) is 5.17. The Bertz CT molecular complexity index is 428. The molecule has 1 heterocycles. The van der Waals surface area contributed by atoms with Crippen LogP contribution in [-0.2, 0) is 5.72 Å². The normalized spacial score (nSPS) is 28.1. The van der Waals surface area contributed by atoms with Gasteiger partial charge in [-0.2, -0.15) is 0 Å². The van der Waals surface area contributed by atoms with E-state index in [1.165, 1.54) is 0 Å². The Morgan fingerprint density at radius 3 is 2.19 bits per heavy atom. The third-order valence-corrected chi connectivity index (χ3v) is 3.19. The highest BCUT2D eigenvalue weighted by Crippen LogP contribution is 2.42. The smallest absolute Gasteiger partial charge is 0.209 e. The summed E-state index contributed by atoms with van der Waals surface area (Å²) >= 11 is 0. The van der Waals surface area contributed by atoms with Crippen LogP contribution >= 0.6 is 0 Å². The topological polar surface area (TPSA) is 56.1 Å². The van der Waals surface area contributed by atoms with Gasteiger partial charge in [-0.3, -0.25) is 5.21 Å². The minimum absolute atomic E-state index is 0.413. The minimum Gasteiger partial charge on any atom is -0.364 e. The standard InChI is InChI=1S/C12H16N2O2/c1-9-13-12(15,11(2,3)14(9)16)10-7-5-4-6-8-10/h4-8,15-16H,1-3H3. The van der Waals surface area contributed by atoms with Crippen LogP contribution in [0.5, 0.6) is 0 Å². The highest BCUT2D eigenvalue weighted by Gasteiger charge is 2.54. The molecule has 2 N–H and O–H groups in total. The van der Waals surface area contributed by atoms with Crippen molar-refractivity contribution < 1.29 is 10.3 Å². The summed E-state index contributed by atoms with van der Waals surface area (Å²) in [5.41, 5.74) is -1.61. The summed E-state index contributed by atoms with van der Waals surface area (Å²) < 4.78 is 0. The van der Waals surface area contributed by atoms with E-state index in [4.69, 9.17) is 0 Å². The van der Waals surface area contributed by atoms with Crippen molar-refractivity contribution in [3.05, 3.63) is 35.9 Å². The van der Waals surface area contributed by atoms with Gasteiger partial charge in [0.1, 0.15) is 11.4 Å². The molecule has 1 unspecified atom stereocenters. The second kappa shape index (κ2) is 3.30. The molecule has 0 saturated heterocycles. The van der Waals surface area contributed by atoms with Gasteiger partial charge in [-0.15, -0.1) is 0 Å². The number of aliphatic hydroxyl groups is 1. The average molecular weight is 220 g/mol. The maximum Gasteiger partial charge on any atom is 0.209 e. The lowest BCUT2D eigenvalue weighted by atomic mass is 9.86. The van der Waals surface area contributed by atoms with Crippen LogP contribution in [0.1, 0.15) is 26.3 Å². The van der Waals surface area contributed by atoms with Gasteiger partial charge in [-0.05, 0) is 20.8 Å². The fourth-order valence-corrected chi connectivity index (χ4v) is 2.06. The first-order valence-electron chi connectivity index (χ1n) is 5.23. The lowest BCUT2D eigenvalue weighted by Gasteiger charge is -2.37. The lowest BCUT2D eigenvalue weighted by molar-refractivity contribution is -0.161. The fraction of sp³-hybridized carbons (Fsp3) is 0.417. The second-order valence-electron chi connectivity index (χ2n) is 4.57. The van der Waals surface area contributed by atoms with Crippen LogP contribution in [-0.4, -0.2) is 26.8 Å². The third kappa shape index (κ3) is 1.27. The van der Waals surface area contributed by atoms with Crippen molar-refractivity contribution >= 4 is 5.84 Å². The van der Waals surface area contributed by atoms with Gasteiger partial charge in [0.2, 0.25) is 5.72 Å². The molecule has 0 spiro atoms. The molecule has 1 atom stereocenters.